The Balaban J connectivity index is 0. The van der Waals surface area contributed by atoms with Gasteiger partial charge in [-0.1, -0.05) is 0 Å². The molecule has 2 heteroatoms. The van der Waals surface area contributed by atoms with Crippen LogP contribution in [0.2, 0.25) is 0 Å². The molecule has 0 amide bonds. The van der Waals surface area contributed by atoms with E-state index in [1.54, 1.807) is 6.92 Å². The Morgan fingerprint density at radius 3 is 1.75 bits per heavy atom. The van der Waals surface area contributed by atoms with Crippen LogP contribution in [-0.2, 0) is 0 Å². The maximum Gasteiger partial charge on any atom is 0.0402 e. The molecule has 0 atom stereocenters. The van der Waals surface area contributed by atoms with Crippen LogP contribution in [0.25, 0.3) is 0 Å². The average Bonchev–Trinajstić information content (AvgIpc) is 0.918. The van der Waals surface area contributed by atoms with Gasteiger partial charge in [0.25, 0.3) is 0 Å². The third-order valence-corrected chi connectivity index (χ3v) is 0. The molecular formula is C2H6OS. The van der Waals surface area contributed by atoms with E-state index in [4.69, 9.17) is 5.11 Å². The fourth-order valence-electron chi connectivity index (χ4n) is 0. The van der Waals surface area contributed by atoms with Crippen LogP contribution < -0.4 is 0 Å². The van der Waals surface area contributed by atoms with Crippen molar-refractivity contribution in [2.24, 2.45) is 0 Å². The van der Waals surface area contributed by atoms with Gasteiger partial charge in [-0.2, -0.15) is 0 Å². The van der Waals surface area contributed by atoms with Crippen molar-refractivity contribution < 1.29 is 5.11 Å². The molecule has 0 aromatic heterocycles. The van der Waals surface area contributed by atoms with Crippen LogP contribution >= 0.6 is 13.5 Å². The summed E-state index contributed by atoms with van der Waals surface area (Å²) >= 11 is 0. The third kappa shape index (κ3) is 41.3. The molecule has 0 fully saturated rings. The fourth-order valence-corrected chi connectivity index (χ4v) is 0. The molecule has 0 bridgehead atoms. The molecule has 1 N–H and O–H groups in total. The van der Waals surface area contributed by atoms with Gasteiger partial charge in [-0.15, -0.1) is 0 Å². The van der Waals surface area contributed by atoms with E-state index in [0.717, 1.165) is 0 Å². The van der Waals surface area contributed by atoms with Gasteiger partial charge in [0.15, 0.2) is 0 Å². The van der Waals surface area contributed by atoms with Crippen LogP contribution in [0.3, 0.4) is 0 Å². The van der Waals surface area contributed by atoms with Gasteiger partial charge in [0.2, 0.25) is 0 Å². The Morgan fingerprint density at radius 2 is 1.75 bits per heavy atom. The van der Waals surface area contributed by atoms with Crippen LogP contribution in [0.5, 0.6) is 0 Å². The minimum atomic E-state index is 0. The lowest BCUT2D eigenvalue weighted by Gasteiger charge is -1.52. The topological polar surface area (TPSA) is 20.2 Å². The SMILES string of the molecule is CCO.[S]. The van der Waals surface area contributed by atoms with Crippen molar-refractivity contribution in [3.63, 3.8) is 0 Å². The zero-order chi connectivity index (χ0) is 2.71. The molecule has 0 saturated heterocycles. The quantitative estimate of drug-likeness (QED) is 0.451. The highest BCUT2D eigenvalue weighted by atomic mass is 32.1. The van der Waals surface area contributed by atoms with Gasteiger partial charge >= 0.3 is 0 Å². The zero-order valence-corrected chi connectivity index (χ0v) is 3.38. The number of hydrogen-bond donors (Lipinski definition) is 1. The summed E-state index contributed by atoms with van der Waals surface area (Å²) in [4.78, 5) is 0. The Morgan fingerprint density at radius 1 is 1.75 bits per heavy atom. The first kappa shape index (κ1) is 8.85. The van der Waals surface area contributed by atoms with Crippen LogP contribution in [-0.4, -0.2) is 11.7 Å². The molecule has 0 heterocycles. The summed E-state index contributed by atoms with van der Waals surface area (Å²) in [5.41, 5.74) is 0. The lowest BCUT2D eigenvalue weighted by molar-refractivity contribution is 0.318. The van der Waals surface area contributed by atoms with E-state index in [0.29, 0.717) is 0 Å². The molecule has 0 aliphatic carbocycles. The van der Waals surface area contributed by atoms with Crippen molar-refractivity contribution in [2.45, 2.75) is 6.92 Å². The largest absolute Gasteiger partial charge is 0.397 e. The van der Waals surface area contributed by atoms with Crippen LogP contribution in [0, 0.1) is 0 Å². The van der Waals surface area contributed by atoms with Crippen molar-refractivity contribution in [2.75, 3.05) is 6.61 Å². The van der Waals surface area contributed by atoms with E-state index in [2.05, 4.69) is 0 Å². The van der Waals surface area contributed by atoms with Gasteiger partial charge in [-0.05, 0) is 6.92 Å². The standard InChI is InChI=1S/C2H6O.S/c1-2-3;/h3H,2H2,1H3;. The molecule has 2 radical (unpaired) electrons. The molecule has 4 heavy (non-hydrogen) atoms. The number of aliphatic hydroxyl groups excluding tert-OH is 1. The van der Waals surface area contributed by atoms with E-state index in [1.807, 2.05) is 0 Å². The summed E-state index contributed by atoms with van der Waals surface area (Å²) in [6, 6.07) is 0. The van der Waals surface area contributed by atoms with E-state index in [-0.39, 0.29) is 20.1 Å². The summed E-state index contributed by atoms with van der Waals surface area (Å²) in [6.07, 6.45) is 0. The monoisotopic (exact) mass is 78.0 g/mol. The molecule has 0 aromatic carbocycles. The summed E-state index contributed by atoms with van der Waals surface area (Å²) in [7, 11) is 0. The Kier molecular flexibility index (Phi) is 22.8. The second-order valence-corrected chi connectivity index (χ2v) is 0.316. The fraction of sp³-hybridized carbons (Fsp3) is 1.00. The second kappa shape index (κ2) is 10.3. The highest BCUT2D eigenvalue weighted by molar-refractivity contribution is 7.59. The molecule has 0 spiro atoms. The van der Waals surface area contributed by atoms with Crippen molar-refractivity contribution in [3.05, 3.63) is 0 Å². The van der Waals surface area contributed by atoms with E-state index in [1.165, 1.54) is 0 Å². The lowest BCUT2D eigenvalue weighted by Crippen LogP contribution is -1.57. The van der Waals surface area contributed by atoms with Gasteiger partial charge in [-0.3, -0.25) is 0 Å². The second-order valence-electron chi connectivity index (χ2n) is 0.316. The van der Waals surface area contributed by atoms with Crippen molar-refractivity contribution in [3.8, 4) is 0 Å². The highest BCUT2D eigenvalue weighted by Gasteiger charge is 1.34. The predicted octanol–water partition coefficient (Wildman–Crippen LogP) is 0.647. The van der Waals surface area contributed by atoms with Crippen LogP contribution in [0.1, 0.15) is 6.92 Å². The molecular weight excluding hydrogens is 72.1 g/mol. The van der Waals surface area contributed by atoms with Gasteiger partial charge in [-0.25, -0.2) is 0 Å². The Hall–Kier alpha value is 0.310. The molecule has 0 unspecified atom stereocenters. The number of hydrogen-bond acceptors (Lipinski definition) is 1. The van der Waals surface area contributed by atoms with E-state index in [9.17, 15) is 0 Å². The first-order chi connectivity index (χ1) is 1.41. The lowest BCUT2D eigenvalue weighted by atomic mass is 10.9. The minimum Gasteiger partial charge on any atom is -0.397 e. The molecule has 0 aliphatic rings. The average molecular weight is 78.1 g/mol. The molecule has 1 nitrogen and oxygen atoms in total. The summed E-state index contributed by atoms with van der Waals surface area (Å²) in [5, 5.41) is 7.57. The van der Waals surface area contributed by atoms with Crippen molar-refractivity contribution in [1.82, 2.24) is 0 Å². The van der Waals surface area contributed by atoms with Gasteiger partial charge in [0.1, 0.15) is 0 Å². The summed E-state index contributed by atoms with van der Waals surface area (Å²) < 4.78 is 0. The maximum atomic E-state index is 7.57. The molecule has 0 aromatic rings. The third-order valence-electron chi connectivity index (χ3n) is 0. The Labute approximate surface area is 33.1 Å². The molecule has 26 valence electrons. The summed E-state index contributed by atoms with van der Waals surface area (Å²) in [6.45, 7) is 1.93. The van der Waals surface area contributed by atoms with Gasteiger partial charge < -0.3 is 5.11 Å². The normalized spacial score (nSPS) is 4.50. The first-order valence-corrected chi connectivity index (χ1v) is 1.02. The first-order valence-electron chi connectivity index (χ1n) is 1.02. The molecule has 0 rings (SSSR count). The smallest absolute Gasteiger partial charge is 0.0402 e. The van der Waals surface area contributed by atoms with Crippen LogP contribution in [0.15, 0.2) is 0 Å². The predicted molar refractivity (Wildman–Crippen MR) is 20.4 cm³/mol. The zero-order valence-electron chi connectivity index (χ0n) is 2.56. The number of aliphatic hydroxyl groups is 1. The minimum absolute atomic E-state index is 0. The van der Waals surface area contributed by atoms with E-state index < -0.39 is 0 Å². The van der Waals surface area contributed by atoms with E-state index >= 15 is 0 Å². The van der Waals surface area contributed by atoms with Crippen molar-refractivity contribution in [1.29, 1.82) is 0 Å². The highest BCUT2D eigenvalue weighted by Crippen LogP contribution is 1.30. The van der Waals surface area contributed by atoms with Crippen LogP contribution in [0.4, 0.5) is 0 Å². The number of rotatable bonds is 0. The molecule has 0 saturated carbocycles. The Bertz CT molecular complexity index is 6.00. The molecule has 0 aliphatic heterocycles. The summed E-state index contributed by atoms with van der Waals surface area (Å²) in [5.74, 6) is 0. The maximum absolute atomic E-state index is 7.57. The van der Waals surface area contributed by atoms with Gasteiger partial charge in [0.05, 0.1) is 0 Å². The van der Waals surface area contributed by atoms with Crippen molar-refractivity contribution >= 4 is 13.5 Å². The van der Waals surface area contributed by atoms with Gasteiger partial charge in [0, 0.05) is 20.1 Å².